The molecule has 0 saturated carbocycles. The van der Waals surface area contributed by atoms with Crippen LogP contribution in [0, 0.1) is 6.92 Å². The molecule has 1 aromatic carbocycles. The maximum absolute atomic E-state index is 5.36. The van der Waals surface area contributed by atoms with Crippen LogP contribution in [0.3, 0.4) is 0 Å². The molecule has 5 heteroatoms. The highest BCUT2D eigenvalue weighted by Gasteiger charge is 2.11. The molecule has 0 saturated heterocycles. The number of nitrogens with one attached hydrogen (secondary N) is 1. The third-order valence-electron chi connectivity index (χ3n) is 3.00. The van der Waals surface area contributed by atoms with Crippen molar-refractivity contribution < 1.29 is 4.52 Å². The van der Waals surface area contributed by atoms with E-state index in [9.17, 15) is 0 Å². The van der Waals surface area contributed by atoms with Crippen molar-refractivity contribution in [2.24, 2.45) is 0 Å². The molecule has 0 spiro atoms. The second-order valence-corrected chi connectivity index (χ2v) is 5.33. The first kappa shape index (κ1) is 11.4. The van der Waals surface area contributed by atoms with E-state index in [4.69, 9.17) is 4.52 Å². The van der Waals surface area contributed by atoms with Crippen LogP contribution in [0.2, 0.25) is 0 Å². The van der Waals surface area contributed by atoms with Gasteiger partial charge in [-0.15, -0.1) is 8.58 Å². The lowest BCUT2D eigenvalue weighted by Crippen LogP contribution is -1.83. The fraction of sp³-hybridized carbons (Fsp3) is 0.231. The predicted molar refractivity (Wildman–Crippen MR) is 74.3 cm³/mol. The van der Waals surface area contributed by atoms with E-state index in [-0.39, 0.29) is 0 Å². The lowest BCUT2D eigenvalue weighted by atomic mass is 10.1. The lowest BCUT2D eigenvalue weighted by molar-refractivity contribution is 0.457. The summed E-state index contributed by atoms with van der Waals surface area (Å²) in [6.45, 7) is 4.22. The van der Waals surface area contributed by atoms with E-state index in [1.54, 1.807) is 6.20 Å². The largest absolute Gasteiger partial charge is 0.356 e. The van der Waals surface area contributed by atoms with Gasteiger partial charge in [0.1, 0.15) is 5.82 Å². The van der Waals surface area contributed by atoms with Crippen LogP contribution in [0.4, 0.5) is 0 Å². The highest BCUT2D eigenvalue weighted by Crippen LogP contribution is 2.29. The van der Waals surface area contributed by atoms with Gasteiger partial charge in [0, 0.05) is 17.1 Å². The Bertz CT molecular complexity index is 686. The van der Waals surface area contributed by atoms with Crippen LogP contribution in [-0.2, 0) is 6.16 Å². The van der Waals surface area contributed by atoms with Gasteiger partial charge in [-0.3, -0.25) is 0 Å². The number of hydrogen-bond donors (Lipinski definition) is 1. The molecule has 3 aromatic rings. The van der Waals surface area contributed by atoms with Gasteiger partial charge in [0.15, 0.2) is 5.58 Å². The Kier molecular flexibility index (Phi) is 2.88. The van der Waals surface area contributed by atoms with Gasteiger partial charge in [0.2, 0.25) is 0 Å². The summed E-state index contributed by atoms with van der Waals surface area (Å²) < 4.78 is 5.36. The molecule has 3 rings (SSSR count). The summed E-state index contributed by atoms with van der Waals surface area (Å²) in [7, 11) is 0.862. The normalized spacial score (nSPS) is 11.9. The molecule has 0 fully saturated rings. The van der Waals surface area contributed by atoms with Gasteiger partial charge in [-0.05, 0) is 25.2 Å². The van der Waals surface area contributed by atoms with Crippen molar-refractivity contribution >= 4 is 19.5 Å². The minimum absolute atomic E-state index is 0.823. The van der Waals surface area contributed by atoms with E-state index < -0.39 is 0 Å². The molecule has 0 aliphatic rings. The highest BCUT2D eigenvalue weighted by molar-refractivity contribution is 7.36. The number of nitrogens with zero attached hydrogens (tertiary/aromatic N) is 2. The Balaban J connectivity index is 2.13. The van der Waals surface area contributed by atoms with Crippen LogP contribution in [0.25, 0.3) is 22.2 Å². The topological polar surface area (TPSA) is 54.7 Å². The Morgan fingerprint density at radius 2 is 2.22 bits per heavy atom. The second-order valence-electron chi connectivity index (χ2n) is 4.27. The first-order valence-electron chi connectivity index (χ1n) is 5.82. The smallest absolute Gasteiger partial charge is 0.176 e. The summed E-state index contributed by atoms with van der Waals surface area (Å²) in [5.74, 6) is 1.03. The SMILES string of the molecule is CPCc1ncc(-c2ccc(C)c3cnoc23)[nH]1. The predicted octanol–water partition coefficient (Wildman–Crippen LogP) is 3.33. The van der Waals surface area contributed by atoms with Crippen molar-refractivity contribution in [2.75, 3.05) is 6.66 Å². The van der Waals surface area contributed by atoms with E-state index in [0.717, 1.165) is 42.8 Å². The zero-order chi connectivity index (χ0) is 12.5. The van der Waals surface area contributed by atoms with Crippen LogP contribution >= 0.6 is 8.58 Å². The first-order valence-corrected chi connectivity index (χ1v) is 7.53. The molecule has 92 valence electrons. The number of H-pyrrole nitrogens is 1. The monoisotopic (exact) mass is 259 g/mol. The van der Waals surface area contributed by atoms with Crippen molar-refractivity contribution in [3.8, 4) is 11.3 Å². The molecule has 0 aliphatic carbocycles. The number of rotatable bonds is 3. The molecule has 2 aromatic heterocycles. The van der Waals surface area contributed by atoms with E-state index in [2.05, 4.69) is 34.8 Å². The molecule has 1 atom stereocenters. The van der Waals surface area contributed by atoms with Crippen LogP contribution in [0.1, 0.15) is 11.4 Å². The van der Waals surface area contributed by atoms with Gasteiger partial charge in [0.05, 0.1) is 18.1 Å². The molecule has 0 bridgehead atoms. The molecule has 0 aliphatic heterocycles. The molecule has 0 amide bonds. The lowest BCUT2D eigenvalue weighted by Gasteiger charge is -2.00. The number of hydrogen-bond acceptors (Lipinski definition) is 3. The number of aryl methyl sites for hydroxylation is 1. The fourth-order valence-corrected chi connectivity index (χ4v) is 2.57. The molecule has 1 unspecified atom stereocenters. The maximum atomic E-state index is 5.36. The third kappa shape index (κ3) is 1.83. The summed E-state index contributed by atoms with van der Waals surface area (Å²) >= 11 is 0. The van der Waals surface area contributed by atoms with Gasteiger partial charge < -0.3 is 9.51 Å². The maximum Gasteiger partial charge on any atom is 0.176 e. The molecule has 18 heavy (non-hydrogen) atoms. The van der Waals surface area contributed by atoms with Crippen molar-refractivity contribution in [1.29, 1.82) is 0 Å². The summed E-state index contributed by atoms with van der Waals surface area (Å²) in [5.41, 5.74) is 4.00. The quantitative estimate of drug-likeness (QED) is 0.734. The van der Waals surface area contributed by atoms with E-state index in [1.807, 2.05) is 12.3 Å². The fourth-order valence-electron chi connectivity index (χ4n) is 2.06. The van der Waals surface area contributed by atoms with Crippen molar-refractivity contribution in [2.45, 2.75) is 13.1 Å². The summed E-state index contributed by atoms with van der Waals surface area (Å²) in [4.78, 5) is 7.73. The molecule has 0 radical (unpaired) electrons. The molecular weight excluding hydrogens is 245 g/mol. The molecular formula is C13H14N3OP. The Hall–Kier alpha value is -1.67. The Morgan fingerprint density at radius 3 is 3.06 bits per heavy atom. The molecule has 2 heterocycles. The molecule has 4 nitrogen and oxygen atoms in total. The second kappa shape index (κ2) is 4.54. The number of aromatic nitrogens is 3. The van der Waals surface area contributed by atoms with Gasteiger partial charge in [-0.2, -0.15) is 0 Å². The highest BCUT2D eigenvalue weighted by atomic mass is 31.1. The van der Waals surface area contributed by atoms with Gasteiger partial charge >= 0.3 is 0 Å². The van der Waals surface area contributed by atoms with E-state index in [1.165, 1.54) is 5.56 Å². The number of fused-ring (bicyclic) bond motifs is 1. The Labute approximate surface area is 107 Å². The van der Waals surface area contributed by atoms with E-state index >= 15 is 0 Å². The van der Waals surface area contributed by atoms with E-state index in [0.29, 0.717) is 0 Å². The average molecular weight is 259 g/mol. The van der Waals surface area contributed by atoms with Crippen LogP contribution in [0.5, 0.6) is 0 Å². The van der Waals surface area contributed by atoms with Gasteiger partial charge in [-0.1, -0.05) is 11.2 Å². The van der Waals surface area contributed by atoms with Crippen LogP contribution in [0.15, 0.2) is 29.0 Å². The summed E-state index contributed by atoms with van der Waals surface area (Å²) in [6, 6.07) is 4.13. The van der Waals surface area contributed by atoms with Crippen LogP contribution in [-0.4, -0.2) is 21.8 Å². The minimum Gasteiger partial charge on any atom is -0.356 e. The summed E-state index contributed by atoms with van der Waals surface area (Å²) in [5, 5.41) is 4.94. The number of benzene rings is 1. The third-order valence-corrected chi connectivity index (χ3v) is 3.69. The molecule has 1 N–H and O–H groups in total. The van der Waals surface area contributed by atoms with Crippen LogP contribution < -0.4 is 0 Å². The minimum atomic E-state index is 0.823. The number of imidazole rings is 1. The average Bonchev–Trinajstić information content (AvgIpc) is 2.99. The Morgan fingerprint density at radius 1 is 1.33 bits per heavy atom. The first-order chi connectivity index (χ1) is 8.79. The summed E-state index contributed by atoms with van der Waals surface area (Å²) in [6.07, 6.45) is 4.62. The standard InChI is InChI=1S/C13H14N3OP/c1-8-3-4-9(13-10(8)5-15-17-13)11-6-14-12(16-11)7-18-2/h3-6,18H,7H2,1-2H3,(H,14,16). The number of aromatic amines is 1. The van der Waals surface area contributed by atoms with Crippen molar-refractivity contribution in [3.63, 3.8) is 0 Å². The van der Waals surface area contributed by atoms with Gasteiger partial charge in [0.25, 0.3) is 0 Å². The van der Waals surface area contributed by atoms with Crippen molar-refractivity contribution in [3.05, 3.63) is 35.9 Å². The zero-order valence-electron chi connectivity index (χ0n) is 10.3. The zero-order valence-corrected chi connectivity index (χ0v) is 11.3. The van der Waals surface area contributed by atoms with Gasteiger partial charge in [-0.25, -0.2) is 4.98 Å². The van der Waals surface area contributed by atoms with Crippen molar-refractivity contribution in [1.82, 2.24) is 15.1 Å².